The minimum absolute atomic E-state index is 0. The van der Waals surface area contributed by atoms with Gasteiger partial charge in [-0.1, -0.05) is 99.3 Å². The summed E-state index contributed by atoms with van der Waals surface area (Å²) in [7, 11) is 0. The van der Waals surface area contributed by atoms with Gasteiger partial charge in [-0.25, -0.2) is 4.98 Å². The van der Waals surface area contributed by atoms with Gasteiger partial charge in [-0.15, -0.1) is 17.7 Å². The molecule has 0 saturated heterocycles. The van der Waals surface area contributed by atoms with E-state index in [1.165, 1.54) is 38.1 Å². The van der Waals surface area contributed by atoms with E-state index in [1.807, 2.05) is 6.20 Å². The zero-order chi connectivity index (χ0) is 46.7. The second-order valence-corrected chi connectivity index (χ2v) is 30.7. The molecule has 0 N–H and O–H groups in total. The Kier molecular flexibility index (Phi) is 13.4. The summed E-state index contributed by atoms with van der Waals surface area (Å²) in [5.41, 5.74) is 14.6. The third kappa shape index (κ3) is 9.31. The van der Waals surface area contributed by atoms with E-state index in [0.717, 1.165) is 73.1 Å². The van der Waals surface area contributed by atoms with Gasteiger partial charge in [0.25, 0.3) is 0 Å². The SMILES string of the molecule is CC(C)Cc1cc(-c2[c-]cccc2F)nc[c]1[Ge]([CH3])([CH3])[CH3].Cc1cccc(C)c1-c1ccc2c(n1)oc1c(-c3nc4ccc5ccccc5c4n3-c3ccc(C(C)(C)C)cc3)[c-]cc(C)c12.[Ir]. The topological polar surface area (TPSA) is 56.7 Å². The van der Waals surface area contributed by atoms with E-state index < -0.39 is 13.3 Å². The molecule has 0 aliphatic heterocycles. The fourth-order valence-corrected chi connectivity index (χ4v) is 12.6. The number of nitrogens with zero attached hydrogens (tertiary/aromatic N) is 4. The predicted molar refractivity (Wildman–Crippen MR) is 276 cm³/mol. The minimum atomic E-state index is -1.97. The molecule has 0 amide bonds. The molecule has 341 valence electrons. The Hall–Kier alpha value is -5.73. The molecule has 0 aliphatic rings. The summed E-state index contributed by atoms with van der Waals surface area (Å²) in [6.07, 6.45) is 3.00. The van der Waals surface area contributed by atoms with Crippen molar-refractivity contribution in [2.24, 2.45) is 5.92 Å². The molecule has 1 radical (unpaired) electrons. The second kappa shape index (κ2) is 18.7. The molecule has 5 nitrogen and oxygen atoms in total. The summed E-state index contributed by atoms with van der Waals surface area (Å²) in [6.45, 7) is 17.5. The number of benzene rings is 6. The molecule has 8 heteroatoms. The molecular formula is C59H57FGeIrN4O-2. The molecule has 0 unspecified atom stereocenters. The first-order chi connectivity index (χ1) is 31.5. The number of hydrogen-bond donors (Lipinski definition) is 0. The molecule has 10 aromatic rings. The van der Waals surface area contributed by atoms with E-state index in [0.29, 0.717) is 22.9 Å². The van der Waals surface area contributed by atoms with E-state index >= 15 is 0 Å². The normalized spacial score (nSPS) is 12.0. The van der Waals surface area contributed by atoms with Crippen molar-refractivity contribution in [1.29, 1.82) is 0 Å². The number of furan rings is 1. The first kappa shape index (κ1) is 47.8. The third-order valence-electron chi connectivity index (χ3n) is 12.6. The van der Waals surface area contributed by atoms with Crippen molar-refractivity contribution >= 4 is 61.5 Å². The van der Waals surface area contributed by atoms with E-state index in [4.69, 9.17) is 14.4 Å². The van der Waals surface area contributed by atoms with Crippen molar-refractivity contribution in [2.45, 2.75) is 84.5 Å². The summed E-state index contributed by atoms with van der Waals surface area (Å²) in [5.74, 6) is 8.23. The fraction of sp³-hybridized carbons (Fsp3) is 0.237. The number of halogens is 1. The van der Waals surface area contributed by atoms with E-state index in [2.05, 4.69) is 197 Å². The molecule has 4 aromatic heterocycles. The van der Waals surface area contributed by atoms with Gasteiger partial charge in [-0.3, -0.25) is 4.98 Å². The largest absolute Gasteiger partial charge is 0.486 e. The Morgan fingerprint density at radius 2 is 1.48 bits per heavy atom. The van der Waals surface area contributed by atoms with Gasteiger partial charge in [0, 0.05) is 42.1 Å². The maximum absolute atomic E-state index is 13.9. The van der Waals surface area contributed by atoms with Crippen LogP contribution in [0.15, 0.2) is 132 Å². The number of hydrogen-bond acceptors (Lipinski definition) is 4. The van der Waals surface area contributed by atoms with Crippen molar-refractivity contribution in [1.82, 2.24) is 19.5 Å². The molecule has 0 spiro atoms. The summed E-state index contributed by atoms with van der Waals surface area (Å²) in [6, 6.07) is 47.8. The van der Waals surface area contributed by atoms with Crippen molar-refractivity contribution < 1.29 is 28.9 Å². The summed E-state index contributed by atoms with van der Waals surface area (Å²) in [5, 5.41) is 4.37. The third-order valence-corrected chi connectivity index (χ3v) is 16.9. The Balaban J connectivity index is 0.000000234. The van der Waals surface area contributed by atoms with Crippen LogP contribution in [0.3, 0.4) is 0 Å². The predicted octanol–water partition coefficient (Wildman–Crippen LogP) is 15.3. The number of pyridine rings is 2. The number of fused-ring (bicyclic) bond motifs is 6. The zero-order valence-corrected chi connectivity index (χ0v) is 44.8. The van der Waals surface area contributed by atoms with Crippen LogP contribution in [0, 0.1) is 44.6 Å². The number of rotatable bonds is 7. The van der Waals surface area contributed by atoms with Crippen LogP contribution in [-0.2, 0) is 31.9 Å². The Bertz CT molecular complexity index is 3430. The second-order valence-electron chi connectivity index (χ2n) is 20.2. The molecule has 67 heavy (non-hydrogen) atoms. The molecule has 6 aromatic carbocycles. The average molecular weight is 1120 g/mol. The van der Waals surface area contributed by atoms with Crippen LogP contribution in [0.4, 0.5) is 4.39 Å². The molecule has 0 bridgehead atoms. The Morgan fingerprint density at radius 3 is 2.16 bits per heavy atom. The molecule has 0 fully saturated rings. The molecule has 0 aliphatic carbocycles. The van der Waals surface area contributed by atoms with Crippen LogP contribution in [-0.4, -0.2) is 32.8 Å². The summed E-state index contributed by atoms with van der Waals surface area (Å²) >= 11 is -1.97. The maximum Gasteiger partial charge on any atom is 0.216 e. The van der Waals surface area contributed by atoms with Gasteiger partial charge in [0.1, 0.15) is 0 Å². The standard InChI is InChI=1S/C41H34N3O.C18H23FGeN.Ir/c1-24-10-9-11-25(2)35(24)33-23-21-31-36-26(3)14-20-32(38(36)45-40(31)43-33)39-42-34-22-15-27-12-7-8-13-30(27)37(34)44(39)29-18-16-28(17-19-29)41(4,5)6;1-13(2)10-14-11-18(15-8-6-7-9-16(15)19)21-12-17(14)20(3,4)5;/h7-19,21-23H,1-6H3;6-7,9,11-13H,10H2,1-5H3;/q2*-1;. The first-order valence-corrected chi connectivity index (χ1v) is 30.3. The van der Waals surface area contributed by atoms with Crippen LogP contribution in [0.1, 0.15) is 62.4 Å². The zero-order valence-electron chi connectivity index (χ0n) is 40.3. The number of aromatic nitrogens is 4. The van der Waals surface area contributed by atoms with Gasteiger partial charge < -0.3 is 8.98 Å². The Morgan fingerprint density at radius 1 is 0.746 bits per heavy atom. The molecule has 10 rings (SSSR count). The van der Waals surface area contributed by atoms with Crippen molar-refractivity contribution in [3.63, 3.8) is 0 Å². The Labute approximate surface area is 410 Å². The van der Waals surface area contributed by atoms with Crippen LogP contribution in [0.25, 0.3) is 83.5 Å². The molecule has 0 saturated carbocycles. The van der Waals surface area contributed by atoms with Crippen LogP contribution >= 0.6 is 0 Å². The van der Waals surface area contributed by atoms with Crippen LogP contribution < -0.4 is 4.40 Å². The number of imidazole rings is 1. The van der Waals surface area contributed by atoms with Crippen LogP contribution in [0.2, 0.25) is 17.3 Å². The van der Waals surface area contributed by atoms with E-state index in [-0.39, 0.29) is 31.3 Å². The number of aryl methyl sites for hydroxylation is 3. The summed E-state index contributed by atoms with van der Waals surface area (Å²) in [4.78, 5) is 14.9. The van der Waals surface area contributed by atoms with Gasteiger partial charge in [0.2, 0.25) is 5.71 Å². The van der Waals surface area contributed by atoms with Crippen molar-refractivity contribution in [3.8, 4) is 39.6 Å². The quantitative estimate of drug-likeness (QED) is 0.118. The van der Waals surface area contributed by atoms with Crippen molar-refractivity contribution in [3.05, 3.63) is 173 Å². The van der Waals surface area contributed by atoms with Gasteiger partial charge in [-0.05, 0) is 71.7 Å². The summed E-state index contributed by atoms with van der Waals surface area (Å²) < 4.78 is 24.3. The monoisotopic (exact) mass is 1120 g/mol. The van der Waals surface area contributed by atoms with Crippen LogP contribution in [0.5, 0.6) is 0 Å². The van der Waals surface area contributed by atoms with Gasteiger partial charge >= 0.3 is 130 Å². The van der Waals surface area contributed by atoms with Gasteiger partial charge in [0.15, 0.2) is 0 Å². The fourth-order valence-electron chi connectivity index (χ4n) is 9.29. The average Bonchev–Trinajstić information content (AvgIpc) is 3.86. The molecular weight excluding hydrogens is 1060 g/mol. The van der Waals surface area contributed by atoms with Crippen molar-refractivity contribution in [2.75, 3.05) is 0 Å². The first-order valence-electron chi connectivity index (χ1n) is 23.0. The van der Waals surface area contributed by atoms with E-state index in [9.17, 15) is 4.39 Å². The minimum Gasteiger partial charge on any atom is -0.486 e. The molecule has 0 atom stereocenters. The van der Waals surface area contributed by atoms with E-state index in [1.54, 1.807) is 12.1 Å². The van der Waals surface area contributed by atoms with Gasteiger partial charge in [-0.2, -0.15) is 0 Å². The van der Waals surface area contributed by atoms with Gasteiger partial charge in [0.05, 0.1) is 28.1 Å². The smallest absolute Gasteiger partial charge is 0.216 e. The molecule has 4 heterocycles. The maximum atomic E-state index is 13.9.